The Morgan fingerprint density at radius 3 is 2.39 bits per heavy atom. The third-order valence-corrected chi connectivity index (χ3v) is 6.71. The van der Waals surface area contributed by atoms with Gasteiger partial charge in [0.05, 0.1) is 0 Å². The number of nitrogens with two attached hydrogens (primary N) is 1. The number of anilines is 1. The van der Waals surface area contributed by atoms with E-state index in [4.69, 9.17) is 5.73 Å². The maximum Gasteiger partial charge on any atom is 0.250 e. The van der Waals surface area contributed by atoms with E-state index in [0.717, 1.165) is 11.8 Å². The molecule has 2 fully saturated rings. The molecular formula is C12H18N2O2S2. The first-order valence-corrected chi connectivity index (χ1v) is 8.76. The first-order valence-electron chi connectivity index (χ1n) is 6.40. The maximum absolute atomic E-state index is 12.1. The van der Waals surface area contributed by atoms with Crippen LogP contribution in [-0.4, -0.2) is 15.0 Å². The van der Waals surface area contributed by atoms with Crippen LogP contribution < -0.4 is 10.5 Å². The van der Waals surface area contributed by atoms with Crippen molar-refractivity contribution in [3.05, 3.63) is 11.4 Å². The lowest BCUT2D eigenvalue weighted by atomic mass is 9.99. The summed E-state index contributed by atoms with van der Waals surface area (Å²) in [5.41, 5.74) is 6.08. The molecule has 0 aliphatic heterocycles. The highest BCUT2D eigenvalue weighted by molar-refractivity contribution is 7.91. The minimum absolute atomic E-state index is 0.324. The first-order chi connectivity index (χ1) is 8.56. The summed E-state index contributed by atoms with van der Waals surface area (Å²) in [6, 6.07) is 1.52. The Kier molecular flexibility index (Phi) is 3.11. The van der Waals surface area contributed by atoms with E-state index in [1.807, 2.05) is 0 Å². The van der Waals surface area contributed by atoms with Gasteiger partial charge in [-0.15, -0.1) is 11.3 Å². The number of rotatable bonds is 6. The fourth-order valence-electron chi connectivity index (χ4n) is 2.52. The molecule has 3 N–H and O–H groups in total. The van der Waals surface area contributed by atoms with Gasteiger partial charge in [0, 0.05) is 17.6 Å². The summed E-state index contributed by atoms with van der Waals surface area (Å²) in [5, 5.41) is 1.66. The number of hydrogen-bond acceptors (Lipinski definition) is 4. The van der Waals surface area contributed by atoms with Gasteiger partial charge < -0.3 is 5.73 Å². The van der Waals surface area contributed by atoms with Gasteiger partial charge in [0.15, 0.2) is 0 Å². The molecule has 0 atom stereocenters. The molecule has 1 aromatic heterocycles. The van der Waals surface area contributed by atoms with Crippen molar-refractivity contribution in [1.82, 2.24) is 4.72 Å². The zero-order valence-corrected chi connectivity index (χ0v) is 11.8. The standard InChI is InChI=1S/C12H18N2O2S2/c13-10-5-12(17-7-10)18(15,16)14-6-11(8-1-2-8)9-3-4-9/h5,7-9,11,14H,1-4,6,13H2. The second kappa shape index (κ2) is 4.51. The predicted octanol–water partition coefficient (Wildman–Crippen LogP) is 2.04. The van der Waals surface area contributed by atoms with E-state index < -0.39 is 10.0 Å². The summed E-state index contributed by atoms with van der Waals surface area (Å²) in [4.78, 5) is 0. The maximum atomic E-state index is 12.1. The molecule has 2 saturated carbocycles. The Morgan fingerprint density at radius 1 is 1.33 bits per heavy atom. The van der Waals surface area contributed by atoms with Gasteiger partial charge in [0.1, 0.15) is 4.21 Å². The Labute approximate surface area is 112 Å². The van der Waals surface area contributed by atoms with E-state index >= 15 is 0 Å². The molecule has 18 heavy (non-hydrogen) atoms. The van der Waals surface area contributed by atoms with Crippen molar-refractivity contribution in [1.29, 1.82) is 0 Å². The lowest BCUT2D eigenvalue weighted by molar-refractivity contribution is 0.402. The van der Waals surface area contributed by atoms with Gasteiger partial charge in [-0.05, 0) is 49.5 Å². The van der Waals surface area contributed by atoms with Crippen LogP contribution in [0, 0.1) is 17.8 Å². The Morgan fingerprint density at radius 2 is 1.94 bits per heavy atom. The summed E-state index contributed by atoms with van der Waals surface area (Å²) in [5.74, 6) is 2.07. The van der Waals surface area contributed by atoms with Crippen molar-refractivity contribution in [3.63, 3.8) is 0 Å². The fraction of sp³-hybridized carbons (Fsp3) is 0.667. The van der Waals surface area contributed by atoms with Gasteiger partial charge in [-0.25, -0.2) is 13.1 Å². The summed E-state index contributed by atoms with van der Waals surface area (Å²) >= 11 is 1.18. The molecule has 0 aromatic carbocycles. The van der Waals surface area contributed by atoms with Gasteiger partial charge in [0.25, 0.3) is 0 Å². The molecular weight excluding hydrogens is 268 g/mol. The molecule has 0 radical (unpaired) electrons. The highest BCUT2D eigenvalue weighted by Gasteiger charge is 2.41. The quantitative estimate of drug-likeness (QED) is 0.840. The molecule has 100 valence electrons. The molecule has 2 aliphatic rings. The van der Waals surface area contributed by atoms with E-state index in [2.05, 4.69) is 4.72 Å². The first kappa shape index (κ1) is 12.4. The minimum Gasteiger partial charge on any atom is -0.398 e. The molecule has 6 heteroatoms. The van der Waals surface area contributed by atoms with Crippen molar-refractivity contribution < 1.29 is 8.42 Å². The van der Waals surface area contributed by atoms with Gasteiger partial charge in [0.2, 0.25) is 10.0 Å². The van der Waals surface area contributed by atoms with E-state index in [1.165, 1.54) is 43.1 Å². The second-order valence-corrected chi connectivity index (χ2v) is 8.29. The van der Waals surface area contributed by atoms with Crippen LogP contribution in [0.4, 0.5) is 5.69 Å². The average Bonchev–Trinajstić information content (AvgIpc) is 3.21. The van der Waals surface area contributed by atoms with Gasteiger partial charge in [-0.2, -0.15) is 0 Å². The Balaban J connectivity index is 1.64. The summed E-state index contributed by atoms with van der Waals surface area (Å²) < 4.78 is 27.2. The van der Waals surface area contributed by atoms with E-state index in [-0.39, 0.29) is 0 Å². The van der Waals surface area contributed by atoms with Crippen molar-refractivity contribution in [2.75, 3.05) is 12.3 Å². The number of sulfonamides is 1. The zero-order chi connectivity index (χ0) is 12.8. The van der Waals surface area contributed by atoms with Gasteiger partial charge in [-0.3, -0.25) is 0 Å². The van der Waals surface area contributed by atoms with Crippen LogP contribution in [0.25, 0.3) is 0 Å². The van der Waals surface area contributed by atoms with Gasteiger partial charge >= 0.3 is 0 Å². The van der Waals surface area contributed by atoms with E-state index in [9.17, 15) is 8.42 Å². The predicted molar refractivity (Wildman–Crippen MR) is 72.9 cm³/mol. The fourth-order valence-corrected chi connectivity index (χ4v) is 4.71. The van der Waals surface area contributed by atoms with Crippen molar-refractivity contribution in [2.45, 2.75) is 29.9 Å². The van der Waals surface area contributed by atoms with Crippen LogP contribution in [-0.2, 0) is 10.0 Å². The van der Waals surface area contributed by atoms with Crippen LogP contribution >= 0.6 is 11.3 Å². The second-order valence-electron chi connectivity index (χ2n) is 5.39. The third-order valence-electron chi connectivity index (χ3n) is 3.82. The highest BCUT2D eigenvalue weighted by atomic mass is 32.2. The molecule has 0 unspecified atom stereocenters. The number of thiophene rings is 1. The van der Waals surface area contributed by atoms with Crippen molar-refractivity contribution >= 4 is 27.0 Å². The van der Waals surface area contributed by atoms with E-state index in [1.54, 1.807) is 5.38 Å². The smallest absolute Gasteiger partial charge is 0.250 e. The summed E-state index contributed by atoms with van der Waals surface area (Å²) in [6.45, 7) is 0.593. The summed E-state index contributed by atoms with van der Waals surface area (Å²) in [6.07, 6.45) is 5.09. The zero-order valence-electron chi connectivity index (χ0n) is 10.1. The number of nitrogen functional groups attached to an aromatic ring is 1. The average molecular weight is 286 g/mol. The minimum atomic E-state index is -3.36. The molecule has 3 rings (SSSR count). The van der Waals surface area contributed by atoms with Crippen LogP contribution in [0.15, 0.2) is 15.7 Å². The number of hydrogen-bond donors (Lipinski definition) is 2. The normalized spacial score (nSPS) is 20.5. The highest BCUT2D eigenvalue weighted by Crippen LogP contribution is 2.48. The van der Waals surface area contributed by atoms with Crippen molar-refractivity contribution in [3.8, 4) is 0 Å². The SMILES string of the molecule is Nc1csc(S(=O)(=O)NCC(C2CC2)C2CC2)c1. The van der Waals surface area contributed by atoms with Crippen LogP contribution in [0.5, 0.6) is 0 Å². The topological polar surface area (TPSA) is 72.2 Å². The number of nitrogens with one attached hydrogen (secondary N) is 1. The Bertz CT molecular complexity index is 518. The van der Waals surface area contributed by atoms with Gasteiger partial charge in [-0.1, -0.05) is 0 Å². The Hall–Kier alpha value is -0.590. The molecule has 1 heterocycles. The molecule has 4 nitrogen and oxygen atoms in total. The molecule has 2 aliphatic carbocycles. The molecule has 0 bridgehead atoms. The van der Waals surface area contributed by atoms with Crippen molar-refractivity contribution in [2.24, 2.45) is 17.8 Å². The third kappa shape index (κ3) is 2.70. The van der Waals surface area contributed by atoms with Crippen LogP contribution in [0.1, 0.15) is 25.7 Å². The van der Waals surface area contributed by atoms with Crippen LogP contribution in [0.3, 0.4) is 0 Å². The summed E-state index contributed by atoms with van der Waals surface area (Å²) in [7, 11) is -3.36. The van der Waals surface area contributed by atoms with E-state index in [0.29, 0.717) is 22.4 Å². The molecule has 0 saturated heterocycles. The largest absolute Gasteiger partial charge is 0.398 e. The molecule has 1 aromatic rings. The monoisotopic (exact) mass is 286 g/mol. The lowest BCUT2D eigenvalue weighted by Gasteiger charge is -2.15. The molecule has 0 amide bonds. The molecule has 0 spiro atoms. The van der Waals surface area contributed by atoms with Crippen LogP contribution in [0.2, 0.25) is 0 Å². The lowest BCUT2D eigenvalue weighted by Crippen LogP contribution is -2.30.